The van der Waals surface area contributed by atoms with Gasteiger partial charge in [0, 0.05) is 23.2 Å². The molecule has 0 aromatic carbocycles. The Bertz CT molecular complexity index is 1330. The summed E-state index contributed by atoms with van der Waals surface area (Å²) in [5, 5.41) is 46.7. The molecule has 0 spiro atoms. The third kappa shape index (κ3) is 3.82. The SMILES string of the molecule is CC(C)C1=C2CCCC[C@H]2C2=C3[C@H](CCC2)C[C@@H]([C@H]2CC[C@@]4(O)C5=CC(=O)[C@@H]6C[C@@H](O)[C@@H](O)C[C@]6(C)[C@H]5CC[C@]24C)[C@H](O)[C@@H]13. The lowest BCUT2D eigenvalue weighted by molar-refractivity contribution is -0.156. The monoisotopic (exact) mass is 604 g/mol. The van der Waals surface area contributed by atoms with E-state index >= 15 is 0 Å². The van der Waals surface area contributed by atoms with Gasteiger partial charge < -0.3 is 20.4 Å². The smallest absolute Gasteiger partial charge is 0.159 e. The third-order valence-electron chi connectivity index (χ3n) is 15.5. The second kappa shape index (κ2) is 10.1. The fourth-order valence-electron chi connectivity index (χ4n) is 13.6. The first-order valence-corrected chi connectivity index (χ1v) is 18.4. The van der Waals surface area contributed by atoms with Crippen LogP contribution in [0.3, 0.4) is 0 Å². The molecule has 5 nitrogen and oxygen atoms in total. The number of aliphatic hydroxyl groups excluding tert-OH is 3. The van der Waals surface area contributed by atoms with Crippen molar-refractivity contribution >= 4 is 5.78 Å². The van der Waals surface area contributed by atoms with E-state index in [0.29, 0.717) is 37.0 Å². The summed E-state index contributed by atoms with van der Waals surface area (Å²) in [5.41, 5.74) is 5.58. The molecule has 0 aromatic rings. The van der Waals surface area contributed by atoms with E-state index in [0.717, 1.165) is 31.3 Å². The van der Waals surface area contributed by atoms with Crippen LogP contribution < -0.4 is 0 Å². The molecular formula is C39H56O5. The first-order valence-electron chi connectivity index (χ1n) is 18.4. The van der Waals surface area contributed by atoms with Crippen molar-refractivity contribution in [2.75, 3.05) is 0 Å². The van der Waals surface area contributed by atoms with E-state index in [4.69, 9.17) is 0 Å². The minimum atomic E-state index is -1.07. The van der Waals surface area contributed by atoms with E-state index < -0.39 is 34.7 Å². The maximum atomic E-state index is 13.7. The van der Waals surface area contributed by atoms with Gasteiger partial charge in [-0.3, -0.25) is 4.79 Å². The van der Waals surface area contributed by atoms with Crippen molar-refractivity contribution in [1.82, 2.24) is 0 Å². The van der Waals surface area contributed by atoms with Crippen molar-refractivity contribution in [2.45, 2.75) is 141 Å². The van der Waals surface area contributed by atoms with Crippen LogP contribution in [0, 0.1) is 58.2 Å². The highest BCUT2D eigenvalue weighted by Gasteiger charge is 2.68. The first-order chi connectivity index (χ1) is 20.9. The van der Waals surface area contributed by atoms with Gasteiger partial charge in [0.15, 0.2) is 5.78 Å². The van der Waals surface area contributed by atoms with E-state index in [2.05, 4.69) is 27.7 Å². The van der Waals surface area contributed by atoms with E-state index in [-0.39, 0.29) is 35.4 Å². The number of ketones is 1. The highest BCUT2D eigenvalue weighted by atomic mass is 16.3. The van der Waals surface area contributed by atoms with E-state index in [1.165, 1.54) is 44.9 Å². The summed E-state index contributed by atoms with van der Waals surface area (Å²) in [6, 6.07) is 0. The zero-order valence-corrected chi connectivity index (χ0v) is 27.5. The van der Waals surface area contributed by atoms with Gasteiger partial charge in [-0.25, -0.2) is 0 Å². The molecule has 8 aliphatic rings. The van der Waals surface area contributed by atoms with Crippen molar-refractivity contribution < 1.29 is 25.2 Å². The Hall–Kier alpha value is -1.27. The van der Waals surface area contributed by atoms with Crippen LogP contribution >= 0.6 is 0 Å². The molecule has 8 rings (SSSR count). The number of carbonyl (C=O) groups is 1. The molecule has 0 amide bonds. The van der Waals surface area contributed by atoms with Crippen LogP contribution in [0.25, 0.3) is 0 Å². The van der Waals surface area contributed by atoms with Gasteiger partial charge in [0.2, 0.25) is 0 Å². The molecule has 0 aliphatic heterocycles. The molecule has 5 fully saturated rings. The molecule has 0 aromatic heterocycles. The Morgan fingerprint density at radius 2 is 1.64 bits per heavy atom. The third-order valence-corrected chi connectivity index (χ3v) is 15.5. The summed E-state index contributed by atoms with van der Waals surface area (Å²) in [5.74, 6) is 1.87. The highest BCUT2D eigenvalue weighted by molar-refractivity contribution is 5.95. The predicted molar refractivity (Wildman–Crippen MR) is 170 cm³/mol. The van der Waals surface area contributed by atoms with Gasteiger partial charge >= 0.3 is 0 Å². The first kappa shape index (κ1) is 30.1. The Kier molecular flexibility index (Phi) is 6.92. The number of hydrogen-bond donors (Lipinski definition) is 4. The minimum absolute atomic E-state index is 0.0190. The predicted octanol–water partition coefficient (Wildman–Crippen LogP) is 6.44. The topological polar surface area (TPSA) is 98.0 Å². The van der Waals surface area contributed by atoms with Gasteiger partial charge in [0.25, 0.3) is 0 Å². The molecule has 5 saturated carbocycles. The maximum Gasteiger partial charge on any atom is 0.159 e. The Morgan fingerprint density at radius 1 is 0.864 bits per heavy atom. The van der Waals surface area contributed by atoms with Crippen molar-refractivity contribution in [2.24, 2.45) is 58.2 Å². The number of fused-ring (bicyclic) bond motifs is 7. The molecule has 242 valence electrons. The summed E-state index contributed by atoms with van der Waals surface area (Å²) in [6.45, 7) is 9.12. The summed E-state index contributed by atoms with van der Waals surface area (Å²) in [6.07, 6.45) is 13.5. The molecule has 0 radical (unpaired) electrons. The number of allylic oxidation sites excluding steroid dienone is 3. The fourth-order valence-corrected chi connectivity index (χ4v) is 13.6. The van der Waals surface area contributed by atoms with Crippen LogP contribution in [-0.2, 0) is 4.79 Å². The van der Waals surface area contributed by atoms with Crippen molar-refractivity contribution in [3.8, 4) is 0 Å². The lowest BCUT2D eigenvalue weighted by atomic mass is 9.45. The van der Waals surface area contributed by atoms with Crippen molar-refractivity contribution in [3.05, 3.63) is 33.9 Å². The van der Waals surface area contributed by atoms with Crippen LogP contribution in [0.2, 0.25) is 0 Å². The van der Waals surface area contributed by atoms with Gasteiger partial charge in [-0.2, -0.15) is 0 Å². The van der Waals surface area contributed by atoms with E-state index in [9.17, 15) is 25.2 Å². The normalized spacial score (nSPS) is 51.8. The molecule has 4 N–H and O–H groups in total. The lowest BCUT2D eigenvalue weighted by Gasteiger charge is -2.61. The number of aliphatic hydroxyl groups is 4. The van der Waals surface area contributed by atoms with Crippen LogP contribution in [0.4, 0.5) is 0 Å². The van der Waals surface area contributed by atoms with Gasteiger partial charge in [-0.1, -0.05) is 56.4 Å². The zero-order valence-electron chi connectivity index (χ0n) is 27.5. The Balaban J connectivity index is 1.17. The van der Waals surface area contributed by atoms with Crippen LogP contribution in [0.15, 0.2) is 33.9 Å². The highest BCUT2D eigenvalue weighted by Crippen LogP contribution is 2.70. The Morgan fingerprint density at radius 3 is 2.41 bits per heavy atom. The molecular weight excluding hydrogens is 548 g/mol. The second-order valence-corrected chi connectivity index (χ2v) is 17.5. The van der Waals surface area contributed by atoms with Crippen molar-refractivity contribution in [1.29, 1.82) is 0 Å². The summed E-state index contributed by atoms with van der Waals surface area (Å²) < 4.78 is 0. The number of hydrogen-bond acceptors (Lipinski definition) is 5. The van der Waals surface area contributed by atoms with Crippen LogP contribution in [0.5, 0.6) is 0 Å². The molecule has 0 saturated heterocycles. The average molecular weight is 605 g/mol. The zero-order chi connectivity index (χ0) is 30.9. The lowest BCUT2D eigenvalue weighted by Crippen LogP contribution is -2.61. The molecule has 0 bridgehead atoms. The van der Waals surface area contributed by atoms with Crippen LogP contribution in [-0.4, -0.2) is 50.1 Å². The fraction of sp³-hybridized carbons (Fsp3) is 0.821. The summed E-state index contributed by atoms with van der Waals surface area (Å²) in [7, 11) is 0. The van der Waals surface area contributed by atoms with E-state index in [1.54, 1.807) is 28.4 Å². The summed E-state index contributed by atoms with van der Waals surface area (Å²) >= 11 is 0. The average Bonchev–Trinajstić information content (AvgIpc) is 3.27. The second-order valence-electron chi connectivity index (χ2n) is 17.5. The van der Waals surface area contributed by atoms with Gasteiger partial charge in [-0.05, 0) is 130 Å². The van der Waals surface area contributed by atoms with Crippen molar-refractivity contribution in [3.63, 3.8) is 0 Å². The minimum Gasteiger partial charge on any atom is -0.392 e. The Labute approximate surface area is 264 Å². The molecule has 0 unspecified atom stereocenters. The molecule has 5 heteroatoms. The molecule has 44 heavy (non-hydrogen) atoms. The quantitative estimate of drug-likeness (QED) is 0.272. The molecule has 0 heterocycles. The molecule has 8 aliphatic carbocycles. The van der Waals surface area contributed by atoms with Gasteiger partial charge in [0.05, 0.1) is 23.9 Å². The maximum absolute atomic E-state index is 13.7. The van der Waals surface area contributed by atoms with Crippen LogP contribution in [0.1, 0.15) is 118 Å². The van der Waals surface area contributed by atoms with E-state index in [1.807, 2.05) is 0 Å². The molecule has 13 atom stereocenters. The number of carbonyl (C=O) groups excluding carboxylic acids is 1. The van der Waals surface area contributed by atoms with Gasteiger partial charge in [-0.15, -0.1) is 0 Å². The standard InChI is InChI=1S/C39H56O5/c1-20(2)33-23-10-6-5-9-22(23)24-11-7-8-21-16-25(36(43)35(33)34(21)24)26-13-15-39(44)28-17-30(40)29-18-31(41)32(42)19-37(29,3)27(28)12-14-38(26,39)4/h17,20-22,25-27,29,31-32,35-36,41-44H,5-16,18-19H2,1-4H3/t21-,22-,25+,26-,27+,29+,31-,32+,35+,36+,37-,38-,39-/m1/s1. The van der Waals surface area contributed by atoms with Gasteiger partial charge in [0.1, 0.15) is 0 Å². The largest absolute Gasteiger partial charge is 0.392 e. The number of rotatable bonds is 2. The summed E-state index contributed by atoms with van der Waals surface area (Å²) in [4.78, 5) is 13.7.